The number of hydrogen-bond acceptors (Lipinski definition) is 5. The number of aliphatic hydroxyl groups excluding tert-OH is 1. The Morgan fingerprint density at radius 2 is 1.81 bits per heavy atom. The number of carboxylic acid groups (broad SMARTS) is 2. The molecule has 1 unspecified atom stereocenters. The van der Waals surface area contributed by atoms with Gasteiger partial charge in [-0.25, -0.2) is 4.79 Å². The van der Waals surface area contributed by atoms with Crippen LogP contribution in [0, 0.1) is 11.8 Å². The van der Waals surface area contributed by atoms with Crippen LogP contribution in [0.15, 0.2) is 12.2 Å². The van der Waals surface area contributed by atoms with Crippen LogP contribution in [0.4, 0.5) is 0 Å². The third kappa shape index (κ3) is 7.30. The lowest BCUT2D eigenvalue weighted by Crippen LogP contribution is -2.45. The number of rotatable bonds is 8. The molecule has 1 saturated heterocycles. The Balaban J connectivity index is 1.78. The largest absolute Gasteiger partial charge is 0.481 e. The molecule has 0 aromatic rings. The number of nitrogens with zero attached hydrogens (tertiary/aromatic N) is 1. The summed E-state index contributed by atoms with van der Waals surface area (Å²) in [5.41, 5.74) is 0. The van der Waals surface area contributed by atoms with E-state index < -0.39 is 29.8 Å². The summed E-state index contributed by atoms with van der Waals surface area (Å²) < 4.78 is 0. The van der Waals surface area contributed by atoms with Crippen molar-refractivity contribution in [1.82, 2.24) is 10.2 Å². The molecule has 0 aromatic carbocycles. The second-order valence-electron chi connectivity index (χ2n) is 7.59. The van der Waals surface area contributed by atoms with Crippen molar-refractivity contribution in [2.24, 2.45) is 11.8 Å². The van der Waals surface area contributed by atoms with E-state index in [-0.39, 0.29) is 18.4 Å². The van der Waals surface area contributed by atoms with Gasteiger partial charge in [-0.3, -0.25) is 9.59 Å². The van der Waals surface area contributed by atoms with Crippen LogP contribution in [-0.4, -0.2) is 69.8 Å². The zero-order valence-corrected chi connectivity index (χ0v) is 15.5. The summed E-state index contributed by atoms with van der Waals surface area (Å²) in [7, 11) is 0. The molecule has 1 aliphatic carbocycles. The number of piperidine rings is 1. The van der Waals surface area contributed by atoms with Gasteiger partial charge in [0, 0.05) is 13.1 Å². The third-order valence-corrected chi connectivity index (χ3v) is 5.46. The number of aliphatic hydroxyl groups is 1. The van der Waals surface area contributed by atoms with Crippen molar-refractivity contribution in [1.29, 1.82) is 0 Å². The van der Waals surface area contributed by atoms with E-state index in [1.807, 2.05) is 4.90 Å². The predicted molar refractivity (Wildman–Crippen MR) is 98.1 cm³/mol. The van der Waals surface area contributed by atoms with E-state index in [4.69, 9.17) is 5.11 Å². The first-order valence-corrected chi connectivity index (χ1v) is 9.70. The topological polar surface area (TPSA) is 127 Å². The lowest BCUT2D eigenvalue weighted by atomic mass is 9.87. The molecule has 8 nitrogen and oxygen atoms in total. The molecule has 27 heavy (non-hydrogen) atoms. The molecule has 2 atom stereocenters. The van der Waals surface area contributed by atoms with Gasteiger partial charge in [0.2, 0.25) is 5.91 Å². The molecule has 1 saturated carbocycles. The highest BCUT2D eigenvalue weighted by molar-refractivity contribution is 5.91. The first-order chi connectivity index (χ1) is 12.8. The van der Waals surface area contributed by atoms with Gasteiger partial charge >= 0.3 is 11.9 Å². The molecule has 2 rings (SSSR count). The fourth-order valence-corrected chi connectivity index (χ4v) is 3.77. The Morgan fingerprint density at radius 1 is 1.11 bits per heavy atom. The molecule has 1 heterocycles. The average molecular weight is 382 g/mol. The first kappa shape index (κ1) is 21.4. The lowest BCUT2D eigenvalue weighted by molar-refractivity contribution is -0.144. The molecule has 1 amide bonds. The molecule has 4 N–H and O–H groups in total. The van der Waals surface area contributed by atoms with Gasteiger partial charge in [0.05, 0.1) is 12.0 Å². The Bertz CT molecular complexity index is 556. The van der Waals surface area contributed by atoms with E-state index in [9.17, 15) is 24.6 Å². The summed E-state index contributed by atoms with van der Waals surface area (Å²) >= 11 is 0. The second kappa shape index (κ2) is 10.4. The molecule has 2 fully saturated rings. The zero-order valence-electron chi connectivity index (χ0n) is 15.5. The summed E-state index contributed by atoms with van der Waals surface area (Å²) in [5, 5.41) is 30.5. The summed E-state index contributed by atoms with van der Waals surface area (Å²) in [5.74, 6) is -2.51. The Hall–Kier alpha value is -1.93. The van der Waals surface area contributed by atoms with E-state index >= 15 is 0 Å². The van der Waals surface area contributed by atoms with Gasteiger partial charge < -0.3 is 25.5 Å². The normalized spacial score (nSPS) is 28.0. The van der Waals surface area contributed by atoms with Crippen molar-refractivity contribution in [2.75, 3.05) is 19.6 Å². The zero-order chi connectivity index (χ0) is 19.8. The number of nitrogens with one attached hydrogen (secondary N) is 1. The second-order valence-corrected chi connectivity index (χ2v) is 7.59. The van der Waals surface area contributed by atoms with Gasteiger partial charge in [-0.05, 0) is 63.5 Å². The standard InChI is InChI=1S/C19H30N2O6/c22-15-6-3-13(4-7-15)5-8-17(23)20-16(19(26)27)9-11-21-10-1-2-14(12-21)18(24)25/h5,8,13-16,22H,1-4,6-7,9-12H2,(H,20,23)(H,24,25)(H,26,27)/t13?,14?,15?,16-/m0/s1. The molecule has 0 aromatic heterocycles. The van der Waals surface area contributed by atoms with Crippen molar-refractivity contribution in [3.05, 3.63) is 12.2 Å². The molecule has 1 aliphatic heterocycles. The van der Waals surface area contributed by atoms with Crippen LogP contribution in [-0.2, 0) is 14.4 Å². The SMILES string of the molecule is O=C(C=CC1CCC(O)CC1)N[C@@H](CCN1CCCC(C(=O)O)C1)C(=O)O. The van der Waals surface area contributed by atoms with Crippen LogP contribution in [0.3, 0.4) is 0 Å². The van der Waals surface area contributed by atoms with Gasteiger partial charge in [0.1, 0.15) is 6.04 Å². The number of carboxylic acids is 2. The number of carbonyl (C=O) groups is 3. The fourth-order valence-electron chi connectivity index (χ4n) is 3.77. The molecular weight excluding hydrogens is 352 g/mol. The lowest BCUT2D eigenvalue weighted by Gasteiger charge is -2.31. The smallest absolute Gasteiger partial charge is 0.326 e. The van der Waals surface area contributed by atoms with Gasteiger partial charge in [-0.2, -0.15) is 0 Å². The fraction of sp³-hybridized carbons (Fsp3) is 0.737. The average Bonchev–Trinajstić information content (AvgIpc) is 2.64. The molecule has 0 bridgehead atoms. The van der Waals surface area contributed by atoms with Crippen LogP contribution < -0.4 is 5.32 Å². The number of amides is 1. The van der Waals surface area contributed by atoms with Crippen molar-refractivity contribution in [3.63, 3.8) is 0 Å². The maximum absolute atomic E-state index is 12.1. The quantitative estimate of drug-likeness (QED) is 0.458. The van der Waals surface area contributed by atoms with E-state index in [2.05, 4.69) is 5.32 Å². The molecule has 0 spiro atoms. The summed E-state index contributed by atoms with van der Waals surface area (Å²) in [6, 6.07) is -1.000. The molecule has 2 aliphatic rings. The summed E-state index contributed by atoms with van der Waals surface area (Å²) in [4.78, 5) is 36.6. The molecule has 152 valence electrons. The molecular formula is C19H30N2O6. The Labute approximate surface area is 159 Å². The van der Waals surface area contributed by atoms with E-state index in [0.717, 1.165) is 38.6 Å². The minimum atomic E-state index is -1.09. The van der Waals surface area contributed by atoms with E-state index in [1.54, 1.807) is 6.08 Å². The van der Waals surface area contributed by atoms with Crippen molar-refractivity contribution in [3.8, 4) is 0 Å². The summed E-state index contributed by atoms with van der Waals surface area (Å²) in [6.07, 6.45) is 7.69. The third-order valence-electron chi connectivity index (χ3n) is 5.46. The van der Waals surface area contributed by atoms with Crippen LogP contribution in [0.5, 0.6) is 0 Å². The van der Waals surface area contributed by atoms with E-state index in [0.29, 0.717) is 19.5 Å². The van der Waals surface area contributed by atoms with Gasteiger partial charge in [-0.1, -0.05) is 6.08 Å². The number of hydrogen-bond donors (Lipinski definition) is 4. The van der Waals surface area contributed by atoms with Gasteiger partial charge in [0.25, 0.3) is 0 Å². The van der Waals surface area contributed by atoms with Crippen LogP contribution in [0.2, 0.25) is 0 Å². The minimum absolute atomic E-state index is 0.233. The minimum Gasteiger partial charge on any atom is -0.481 e. The maximum Gasteiger partial charge on any atom is 0.326 e. The number of likely N-dealkylation sites (tertiary alicyclic amines) is 1. The maximum atomic E-state index is 12.1. The number of carbonyl (C=O) groups excluding carboxylic acids is 1. The highest BCUT2D eigenvalue weighted by Crippen LogP contribution is 2.25. The number of aliphatic carboxylic acids is 2. The number of allylic oxidation sites excluding steroid dienone is 1. The van der Waals surface area contributed by atoms with Crippen molar-refractivity contribution >= 4 is 17.8 Å². The monoisotopic (exact) mass is 382 g/mol. The highest BCUT2D eigenvalue weighted by Gasteiger charge is 2.27. The Morgan fingerprint density at radius 3 is 2.44 bits per heavy atom. The van der Waals surface area contributed by atoms with Crippen LogP contribution in [0.25, 0.3) is 0 Å². The van der Waals surface area contributed by atoms with Crippen LogP contribution in [0.1, 0.15) is 44.9 Å². The van der Waals surface area contributed by atoms with Gasteiger partial charge in [0.15, 0.2) is 0 Å². The highest BCUT2D eigenvalue weighted by atomic mass is 16.4. The van der Waals surface area contributed by atoms with Crippen molar-refractivity contribution in [2.45, 2.75) is 57.1 Å². The van der Waals surface area contributed by atoms with Gasteiger partial charge in [-0.15, -0.1) is 0 Å². The van der Waals surface area contributed by atoms with Crippen LogP contribution >= 0.6 is 0 Å². The Kier molecular flexibility index (Phi) is 8.24. The first-order valence-electron chi connectivity index (χ1n) is 9.70. The predicted octanol–water partition coefficient (Wildman–Crippen LogP) is 0.850. The molecule has 8 heteroatoms. The van der Waals surface area contributed by atoms with Crippen molar-refractivity contribution < 1.29 is 29.7 Å². The van der Waals surface area contributed by atoms with E-state index in [1.165, 1.54) is 6.08 Å². The molecule has 0 radical (unpaired) electrons. The summed E-state index contributed by atoms with van der Waals surface area (Å²) in [6.45, 7) is 1.60.